The van der Waals surface area contributed by atoms with Crippen molar-refractivity contribution in [3.05, 3.63) is 74.5 Å². The number of halogens is 4. The predicted octanol–water partition coefficient (Wildman–Crippen LogP) is 7.40. The van der Waals surface area contributed by atoms with E-state index in [2.05, 4.69) is 20.9 Å². The van der Waals surface area contributed by atoms with E-state index in [1.54, 1.807) is 44.5 Å². The summed E-state index contributed by atoms with van der Waals surface area (Å²) in [6, 6.07) is 9.85. The number of carbonyl (C=O) groups is 2. The normalized spacial score (nSPS) is 11.4. The molecule has 0 fully saturated rings. The van der Waals surface area contributed by atoms with Gasteiger partial charge in [-0.2, -0.15) is 0 Å². The van der Waals surface area contributed by atoms with Gasteiger partial charge in [0, 0.05) is 25.3 Å². The van der Waals surface area contributed by atoms with Crippen LogP contribution in [0.3, 0.4) is 0 Å². The Morgan fingerprint density at radius 3 is 2.48 bits per heavy atom. The molecule has 0 aliphatic rings. The van der Waals surface area contributed by atoms with Crippen LogP contribution in [0.1, 0.15) is 36.7 Å². The van der Waals surface area contributed by atoms with Gasteiger partial charge < -0.3 is 30.4 Å². The molecule has 1 aromatic heterocycles. The zero-order chi connectivity index (χ0) is 29.4. The third kappa shape index (κ3) is 6.52. The summed E-state index contributed by atoms with van der Waals surface area (Å²) in [4.78, 5) is 29.4. The Kier molecular flexibility index (Phi) is 8.34. The molecule has 210 valence electrons. The minimum Gasteiger partial charge on any atom is -0.507 e. The summed E-state index contributed by atoms with van der Waals surface area (Å²) in [5, 5.41) is 19.3. The number of carbonyl (C=O) groups excluding carboxylic acids is 2. The number of aromatic nitrogens is 2. The molecule has 0 atom stereocenters. The molecular weight excluding hydrogens is 584 g/mol. The fourth-order valence-electron chi connectivity index (χ4n) is 3.73. The van der Waals surface area contributed by atoms with E-state index in [0.29, 0.717) is 33.3 Å². The van der Waals surface area contributed by atoms with Crippen LogP contribution in [0.15, 0.2) is 42.5 Å². The van der Waals surface area contributed by atoms with Gasteiger partial charge in [0.1, 0.15) is 17.2 Å². The Morgan fingerprint density at radius 2 is 1.80 bits per heavy atom. The maximum atomic E-state index is 13.5. The second-order valence-electron chi connectivity index (χ2n) is 9.81. The summed E-state index contributed by atoms with van der Waals surface area (Å²) < 4.78 is 20.4. The zero-order valence-electron chi connectivity index (χ0n) is 21.8. The third-order valence-corrected chi connectivity index (χ3v) is 6.69. The molecule has 4 aromatic rings. The molecule has 0 unspecified atom stereocenters. The van der Waals surface area contributed by atoms with Gasteiger partial charge in [-0.3, -0.25) is 4.79 Å². The lowest BCUT2D eigenvalue weighted by Gasteiger charge is -2.20. The summed E-state index contributed by atoms with van der Waals surface area (Å²) in [5.74, 6) is -1.24. The van der Waals surface area contributed by atoms with Crippen LogP contribution in [-0.4, -0.2) is 32.3 Å². The van der Waals surface area contributed by atoms with Crippen molar-refractivity contribution in [3.63, 3.8) is 0 Å². The zero-order valence-corrected chi connectivity index (χ0v) is 24.1. The third-order valence-electron chi connectivity index (χ3n) is 5.65. The minimum absolute atomic E-state index is 0.0520. The fourth-order valence-corrected chi connectivity index (χ4v) is 4.45. The first-order valence-electron chi connectivity index (χ1n) is 11.9. The molecule has 0 saturated heterocycles. The summed E-state index contributed by atoms with van der Waals surface area (Å²) >= 11 is 18.8. The number of phenolic OH excluding ortho intramolecular Hbond substituents is 1. The highest BCUT2D eigenvalue weighted by atomic mass is 35.5. The number of nitrogens with one attached hydrogen (secondary N) is 3. The maximum Gasteiger partial charge on any atom is 0.407 e. The molecule has 0 aliphatic carbocycles. The molecule has 0 bridgehead atoms. The number of hydrogen-bond donors (Lipinski definition) is 4. The van der Waals surface area contributed by atoms with E-state index in [1.165, 1.54) is 24.3 Å². The molecule has 4 N–H and O–H groups in total. The Balaban J connectivity index is 1.58. The van der Waals surface area contributed by atoms with E-state index in [0.717, 1.165) is 6.07 Å². The number of imidazole rings is 1. The van der Waals surface area contributed by atoms with Crippen LogP contribution in [0.5, 0.6) is 5.75 Å². The first-order valence-corrected chi connectivity index (χ1v) is 13.0. The Morgan fingerprint density at radius 1 is 1.07 bits per heavy atom. The van der Waals surface area contributed by atoms with E-state index in [4.69, 9.17) is 39.5 Å². The molecule has 0 radical (unpaired) electrons. The molecule has 40 heavy (non-hydrogen) atoms. The number of rotatable bonds is 6. The SMILES string of the molecule is Cn1c(Nc2c(Cl)ccc(CNC(=O)OC(C)(C)C)c2Cl)nc2cc(C(=O)Nc3ccc(F)c(Cl)c3)c(O)cc21. The lowest BCUT2D eigenvalue weighted by Crippen LogP contribution is -2.32. The smallest absolute Gasteiger partial charge is 0.407 e. The van der Waals surface area contributed by atoms with Gasteiger partial charge >= 0.3 is 6.09 Å². The molecule has 4 rings (SSSR count). The second-order valence-corrected chi connectivity index (χ2v) is 11.0. The predicted molar refractivity (Wildman–Crippen MR) is 155 cm³/mol. The van der Waals surface area contributed by atoms with Crippen molar-refractivity contribution in [2.75, 3.05) is 10.6 Å². The number of phenols is 1. The van der Waals surface area contributed by atoms with E-state index >= 15 is 0 Å². The molecular formula is C27H25Cl3FN5O4. The number of benzene rings is 3. The lowest BCUT2D eigenvalue weighted by molar-refractivity contribution is 0.0523. The first-order chi connectivity index (χ1) is 18.7. The van der Waals surface area contributed by atoms with Crippen LogP contribution in [0.25, 0.3) is 11.0 Å². The van der Waals surface area contributed by atoms with Gasteiger partial charge in [-0.25, -0.2) is 14.2 Å². The number of nitrogens with zero attached hydrogens (tertiary/aromatic N) is 2. The van der Waals surface area contributed by atoms with E-state index in [-0.39, 0.29) is 33.6 Å². The highest BCUT2D eigenvalue weighted by molar-refractivity contribution is 6.39. The quantitative estimate of drug-likeness (QED) is 0.181. The van der Waals surface area contributed by atoms with Gasteiger partial charge in [-0.05, 0) is 56.7 Å². The number of anilines is 3. The van der Waals surface area contributed by atoms with Gasteiger partial charge in [-0.15, -0.1) is 0 Å². The maximum absolute atomic E-state index is 13.5. The Hall–Kier alpha value is -3.73. The first kappa shape index (κ1) is 29.3. The minimum atomic E-state index is -0.648. The van der Waals surface area contributed by atoms with Crippen LogP contribution in [0.2, 0.25) is 15.1 Å². The molecule has 13 heteroatoms. The molecule has 0 saturated carbocycles. The molecule has 3 aromatic carbocycles. The number of fused-ring (bicyclic) bond motifs is 1. The summed E-state index contributed by atoms with van der Waals surface area (Å²) in [5.41, 5.74) is 1.38. The van der Waals surface area contributed by atoms with E-state index < -0.39 is 23.4 Å². The van der Waals surface area contributed by atoms with E-state index in [1.807, 2.05) is 0 Å². The number of alkyl carbamates (subject to hydrolysis) is 1. The molecule has 0 spiro atoms. The molecule has 1 heterocycles. The summed E-state index contributed by atoms with van der Waals surface area (Å²) in [7, 11) is 1.70. The molecule has 0 aliphatic heterocycles. The van der Waals surface area contributed by atoms with Crippen LogP contribution in [0, 0.1) is 5.82 Å². The van der Waals surface area contributed by atoms with Gasteiger partial charge in [0.25, 0.3) is 5.91 Å². The Bertz CT molecular complexity index is 1640. The average molecular weight is 609 g/mol. The van der Waals surface area contributed by atoms with Gasteiger partial charge in [0.05, 0.1) is 37.4 Å². The van der Waals surface area contributed by atoms with Gasteiger partial charge in [0.2, 0.25) is 5.95 Å². The van der Waals surface area contributed by atoms with E-state index in [9.17, 15) is 19.1 Å². The summed E-state index contributed by atoms with van der Waals surface area (Å²) in [6.45, 7) is 5.37. The van der Waals surface area contributed by atoms with Crippen LogP contribution < -0.4 is 16.0 Å². The average Bonchev–Trinajstić information content (AvgIpc) is 3.16. The van der Waals surface area contributed by atoms with Gasteiger partial charge in [-0.1, -0.05) is 40.9 Å². The Labute approximate surface area is 244 Å². The summed E-state index contributed by atoms with van der Waals surface area (Å²) in [6.07, 6.45) is -0.592. The number of aromatic hydroxyl groups is 1. The van der Waals surface area contributed by atoms with Crippen molar-refractivity contribution >= 4 is 75.2 Å². The number of amides is 2. The topological polar surface area (TPSA) is 118 Å². The number of hydrogen-bond acceptors (Lipinski definition) is 6. The fraction of sp³-hybridized carbons (Fsp3) is 0.222. The highest BCUT2D eigenvalue weighted by Crippen LogP contribution is 2.36. The van der Waals surface area contributed by atoms with Crippen molar-refractivity contribution in [2.24, 2.45) is 7.05 Å². The van der Waals surface area contributed by atoms with Crippen LogP contribution in [-0.2, 0) is 18.3 Å². The largest absolute Gasteiger partial charge is 0.507 e. The van der Waals surface area contributed by atoms with Gasteiger partial charge in [0.15, 0.2) is 0 Å². The van der Waals surface area contributed by atoms with Crippen molar-refractivity contribution in [1.29, 1.82) is 0 Å². The van der Waals surface area contributed by atoms with Crippen molar-refractivity contribution in [2.45, 2.75) is 32.9 Å². The monoisotopic (exact) mass is 607 g/mol. The molecule has 2 amide bonds. The number of aryl methyl sites for hydroxylation is 1. The standard InChI is InChI=1S/C27H25Cl3FN5O4/c1-27(2,3)40-26(39)32-12-13-5-7-16(28)23(22(13)30)35-25-34-19-10-15(21(37)11-20(19)36(25)4)24(38)33-14-6-8-18(31)17(29)9-14/h5-11,37H,12H2,1-4H3,(H,32,39)(H,33,38)(H,34,35). The molecule has 9 nitrogen and oxygen atoms in total. The van der Waals surface area contributed by atoms with Crippen molar-refractivity contribution in [3.8, 4) is 5.75 Å². The van der Waals surface area contributed by atoms with Crippen molar-refractivity contribution in [1.82, 2.24) is 14.9 Å². The lowest BCUT2D eigenvalue weighted by atomic mass is 10.1. The second kappa shape index (κ2) is 11.4. The number of ether oxygens (including phenoxy) is 1. The highest BCUT2D eigenvalue weighted by Gasteiger charge is 2.20. The van der Waals surface area contributed by atoms with Crippen LogP contribution >= 0.6 is 34.8 Å². The van der Waals surface area contributed by atoms with Crippen molar-refractivity contribution < 1.29 is 23.8 Å². The van der Waals surface area contributed by atoms with Crippen LogP contribution in [0.4, 0.5) is 26.5 Å².